The highest BCUT2D eigenvalue weighted by Crippen LogP contribution is 2.26. The van der Waals surface area contributed by atoms with Crippen molar-refractivity contribution in [2.75, 3.05) is 18.8 Å². The molecule has 0 N–H and O–H groups in total. The molecule has 0 spiro atoms. The number of imidazole rings is 1. The second-order valence-electron chi connectivity index (χ2n) is 5.63. The van der Waals surface area contributed by atoms with Crippen LogP contribution in [0.4, 0.5) is 4.79 Å². The van der Waals surface area contributed by atoms with Crippen LogP contribution in [0.1, 0.15) is 0 Å². The average Bonchev–Trinajstić information content (AvgIpc) is 3.04. The van der Waals surface area contributed by atoms with Crippen LogP contribution in [0.5, 0.6) is 0 Å². The first-order chi connectivity index (χ1) is 11.1. The summed E-state index contributed by atoms with van der Waals surface area (Å²) in [4.78, 5) is 42.9. The first kappa shape index (κ1) is 14.3. The van der Waals surface area contributed by atoms with Gasteiger partial charge in [0.25, 0.3) is 5.24 Å². The van der Waals surface area contributed by atoms with Crippen molar-refractivity contribution >= 4 is 39.8 Å². The van der Waals surface area contributed by atoms with Crippen LogP contribution >= 0.6 is 11.8 Å². The summed E-state index contributed by atoms with van der Waals surface area (Å²) in [6.45, 7) is 1.05. The maximum atomic E-state index is 12.3. The first-order valence-electron chi connectivity index (χ1n) is 7.30. The lowest BCUT2D eigenvalue weighted by Crippen LogP contribution is -2.62. The lowest BCUT2D eigenvalue weighted by Gasteiger charge is -2.42. The molecule has 3 amide bonds. The van der Waals surface area contributed by atoms with Gasteiger partial charge in [-0.1, -0.05) is 23.9 Å². The number of carbonyl (C=O) groups is 3. The number of thioether (sulfide) groups is 1. The van der Waals surface area contributed by atoms with Crippen molar-refractivity contribution in [2.24, 2.45) is 0 Å². The molecule has 2 fully saturated rings. The van der Waals surface area contributed by atoms with Crippen LogP contribution in [0.15, 0.2) is 30.6 Å². The summed E-state index contributed by atoms with van der Waals surface area (Å²) in [6, 6.07) is 7.47. The SMILES string of the molecule is O=C(Cn1cnc2ccccc21)N1CC(N2C(=O)CSC2=O)C1. The molecule has 2 aliphatic rings. The number of imide groups is 1. The van der Waals surface area contributed by atoms with Gasteiger partial charge in [-0.25, -0.2) is 4.98 Å². The van der Waals surface area contributed by atoms with E-state index in [4.69, 9.17) is 0 Å². The van der Waals surface area contributed by atoms with Gasteiger partial charge in [-0.3, -0.25) is 19.3 Å². The summed E-state index contributed by atoms with van der Waals surface area (Å²) in [5, 5.41) is -0.201. The summed E-state index contributed by atoms with van der Waals surface area (Å²) in [6.07, 6.45) is 1.66. The molecule has 3 heterocycles. The number of fused-ring (bicyclic) bond motifs is 1. The summed E-state index contributed by atoms with van der Waals surface area (Å²) < 4.78 is 1.81. The quantitative estimate of drug-likeness (QED) is 0.837. The average molecular weight is 330 g/mol. The summed E-state index contributed by atoms with van der Waals surface area (Å²) in [5.41, 5.74) is 1.77. The molecule has 0 radical (unpaired) electrons. The Bertz CT molecular complexity index is 796. The molecule has 0 bridgehead atoms. The fourth-order valence-corrected chi connectivity index (χ4v) is 3.70. The van der Waals surface area contributed by atoms with Crippen molar-refractivity contribution in [3.8, 4) is 0 Å². The molecule has 1 aromatic carbocycles. The van der Waals surface area contributed by atoms with Gasteiger partial charge in [0.05, 0.1) is 29.2 Å². The third-order valence-electron chi connectivity index (χ3n) is 4.20. The number of aromatic nitrogens is 2. The van der Waals surface area contributed by atoms with E-state index in [1.165, 1.54) is 4.90 Å². The lowest BCUT2D eigenvalue weighted by molar-refractivity contribution is -0.142. The Morgan fingerprint density at radius 2 is 2.04 bits per heavy atom. The van der Waals surface area contributed by atoms with Crippen molar-refractivity contribution in [2.45, 2.75) is 12.6 Å². The molecule has 2 saturated heterocycles. The minimum atomic E-state index is -0.201. The standard InChI is InChI=1S/C15H14N4O3S/c20-13(7-18-9-16-11-3-1-2-4-12(11)18)17-5-10(6-17)19-14(21)8-23-15(19)22/h1-4,9-10H,5-8H2. The van der Waals surface area contributed by atoms with E-state index in [1.807, 2.05) is 28.8 Å². The zero-order valence-corrected chi connectivity index (χ0v) is 13.0. The number of rotatable bonds is 3. The molecule has 0 saturated carbocycles. The molecule has 2 aromatic rings. The maximum Gasteiger partial charge on any atom is 0.289 e. The predicted octanol–water partition coefficient (Wildman–Crippen LogP) is 0.943. The Morgan fingerprint density at radius 3 is 2.78 bits per heavy atom. The monoisotopic (exact) mass is 330 g/mol. The van der Waals surface area contributed by atoms with Crippen LogP contribution in [0.3, 0.4) is 0 Å². The van der Waals surface area contributed by atoms with Crippen LogP contribution < -0.4 is 0 Å². The molecule has 2 aliphatic heterocycles. The van der Waals surface area contributed by atoms with Gasteiger partial charge in [0, 0.05) is 13.1 Å². The fraction of sp³-hybridized carbons (Fsp3) is 0.333. The minimum absolute atomic E-state index is 0.0313. The minimum Gasteiger partial charge on any atom is -0.337 e. The number of likely N-dealkylation sites (tertiary alicyclic amines) is 1. The van der Waals surface area contributed by atoms with Crippen LogP contribution in [0.2, 0.25) is 0 Å². The third-order valence-corrected chi connectivity index (χ3v) is 5.03. The van der Waals surface area contributed by atoms with Crippen LogP contribution in [0.25, 0.3) is 11.0 Å². The van der Waals surface area contributed by atoms with Gasteiger partial charge in [-0.05, 0) is 12.1 Å². The maximum absolute atomic E-state index is 12.3. The van der Waals surface area contributed by atoms with Gasteiger partial charge < -0.3 is 9.47 Å². The number of benzene rings is 1. The van der Waals surface area contributed by atoms with Crippen molar-refractivity contribution in [3.63, 3.8) is 0 Å². The highest BCUT2D eigenvalue weighted by molar-refractivity contribution is 8.14. The zero-order chi connectivity index (χ0) is 16.0. The number of hydrogen-bond donors (Lipinski definition) is 0. The summed E-state index contributed by atoms with van der Waals surface area (Å²) >= 11 is 1.03. The Hall–Kier alpha value is -2.35. The van der Waals surface area contributed by atoms with Gasteiger partial charge in [0.1, 0.15) is 6.54 Å². The van der Waals surface area contributed by atoms with Gasteiger partial charge in [-0.15, -0.1) is 0 Å². The van der Waals surface area contributed by atoms with E-state index in [0.717, 1.165) is 22.8 Å². The number of para-hydroxylation sites is 2. The Balaban J connectivity index is 1.40. The molecule has 0 atom stereocenters. The van der Waals surface area contributed by atoms with Crippen LogP contribution in [-0.2, 0) is 16.1 Å². The molecule has 1 aromatic heterocycles. The molecule has 8 heteroatoms. The Morgan fingerprint density at radius 1 is 1.26 bits per heavy atom. The molecule has 0 aliphatic carbocycles. The van der Waals surface area contributed by atoms with E-state index in [1.54, 1.807) is 11.2 Å². The Labute approximate surface area is 136 Å². The van der Waals surface area contributed by atoms with E-state index in [9.17, 15) is 14.4 Å². The smallest absolute Gasteiger partial charge is 0.289 e. The van der Waals surface area contributed by atoms with E-state index in [-0.39, 0.29) is 35.4 Å². The number of nitrogens with zero attached hydrogens (tertiary/aromatic N) is 4. The molecule has 0 unspecified atom stereocenters. The molecular weight excluding hydrogens is 316 g/mol. The predicted molar refractivity (Wildman–Crippen MR) is 84.8 cm³/mol. The topological polar surface area (TPSA) is 75.5 Å². The van der Waals surface area contributed by atoms with E-state index >= 15 is 0 Å². The number of carbonyl (C=O) groups excluding carboxylic acids is 3. The number of hydrogen-bond acceptors (Lipinski definition) is 5. The second-order valence-corrected chi connectivity index (χ2v) is 6.56. The molecular formula is C15H14N4O3S. The van der Waals surface area contributed by atoms with Crippen molar-refractivity contribution < 1.29 is 14.4 Å². The largest absolute Gasteiger partial charge is 0.337 e. The number of amides is 3. The molecule has 23 heavy (non-hydrogen) atoms. The highest BCUT2D eigenvalue weighted by Gasteiger charge is 2.43. The Kier molecular flexibility index (Phi) is 3.33. The van der Waals surface area contributed by atoms with Crippen LogP contribution in [0, 0.1) is 0 Å². The van der Waals surface area contributed by atoms with Crippen molar-refractivity contribution in [1.82, 2.24) is 19.4 Å². The molecule has 7 nitrogen and oxygen atoms in total. The van der Waals surface area contributed by atoms with Crippen molar-refractivity contribution in [3.05, 3.63) is 30.6 Å². The molecule has 4 rings (SSSR count). The van der Waals surface area contributed by atoms with Gasteiger partial charge in [-0.2, -0.15) is 0 Å². The normalized spacial score (nSPS) is 18.8. The summed E-state index contributed by atoms with van der Waals surface area (Å²) in [5.74, 6) is 0.0264. The van der Waals surface area contributed by atoms with Gasteiger partial charge in [0.15, 0.2) is 0 Å². The fourth-order valence-electron chi connectivity index (χ4n) is 2.92. The van der Waals surface area contributed by atoms with Crippen LogP contribution in [-0.4, -0.2) is 61.3 Å². The molecule has 118 valence electrons. The second kappa shape index (κ2) is 5.38. The summed E-state index contributed by atoms with van der Waals surface area (Å²) in [7, 11) is 0. The van der Waals surface area contributed by atoms with E-state index in [2.05, 4.69) is 4.98 Å². The zero-order valence-electron chi connectivity index (χ0n) is 12.2. The van der Waals surface area contributed by atoms with Gasteiger partial charge >= 0.3 is 0 Å². The van der Waals surface area contributed by atoms with Crippen molar-refractivity contribution in [1.29, 1.82) is 0 Å². The first-order valence-corrected chi connectivity index (χ1v) is 8.28. The van der Waals surface area contributed by atoms with E-state index in [0.29, 0.717) is 13.1 Å². The lowest BCUT2D eigenvalue weighted by atomic mass is 10.1. The van der Waals surface area contributed by atoms with E-state index < -0.39 is 0 Å². The highest BCUT2D eigenvalue weighted by atomic mass is 32.2. The van der Waals surface area contributed by atoms with Gasteiger partial charge in [0.2, 0.25) is 11.8 Å². The third kappa shape index (κ3) is 2.39.